The minimum absolute atomic E-state index is 0.328. The lowest BCUT2D eigenvalue weighted by atomic mass is 9.93. The fourth-order valence-electron chi connectivity index (χ4n) is 3.13. The number of hydrogen-bond acceptors (Lipinski definition) is 1. The van der Waals surface area contributed by atoms with E-state index in [0.29, 0.717) is 12.0 Å². The molecule has 0 fully saturated rings. The Kier molecular flexibility index (Phi) is 4.64. The number of alkyl halides is 1. The molecule has 1 aliphatic heterocycles. The topological polar surface area (TPSA) is 9.23 Å². The predicted octanol–water partition coefficient (Wildman–Crippen LogP) is 4.94. The van der Waals surface area contributed by atoms with Gasteiger partial charge in [-0.3, -0.25) is 0 Å². The van der Waals surface area contributed by atoms with Crippen molar-refractivity contribution in [3.05, 3.63) is 65.2 Å². The Hall–Kier alpha value is -1.28. The van der Waals surface area contributed by atoms with E-state index in [1.54, 1.807) is 0 Å². The van der Waals surface area contributed by atoms with Gasteiger partial charge in [-0.05, 0) is 42.9 Å². The highest BCUT2D eigenvalue weighted by atomic mass is 79.9. The summed E-state index contributed by atoms with van der Waals surface area (Å²) in [4.78, 5) is 0. The minimum atomic E-state index is 0.328. The van der Waals surface area contributed by atoms with Gasteiger partial charge < -0.3 is 4.74 Å². The zero-order chi connectivity index (χ0) is 14.7. The highest BCUT2D eigenvalue weighted by Crippen LogP contribution is 2.31. The van der Waals surface area contributed by atoms with Gasteiger partial charge in [0.25, 0.3) is 0 Å². The monoisotopic (exact) mass is 344 g/mol. The van der Waals surface area contributed by atoms with Crippen LogP contribution >= 0.6 is 15.9 Å². The number of halogens is 1. The van der Waals surface area contributed by atoms with E-state index in [2.05, 4.69) is 71.4 Å². The molecule has 110 valence electrons. The van der Waals surface area contributed by atoms with Gasteiger partial charge in [-0.1, -0.05) is 64.0 Å². The molecule has 2 atom stereocenters. The third kappa shape index (κ3) is 3.68. The Morgan fingerprint density at radius 2 is 2.05 bits per heavy atom. The molecule has 0 aromatic heterocycles. The van der Waals surface area contributed by atoms with Crippen LogP contribution in [0.4, 0.5) is 0 Å². The van der Waals surface area contributed by atoms with Crippen LogP contribution in [-0.2, 0) is 12.8 Å². The molecule has 2 aromatic rings. The molecular formula is C19H21BrO. The van der Waals surface area contributed by atoms with Gasteiger partial charge in [0.1, 0.15) is 11.9 Å². The molecule has 2 aromatic carbocycles. The van der Waals surface area contributed by atoms with Crippen molar-refractivity contribution in [2.24, 2.45) is 5.92 Å². The van der Waals surface area contributed by atoms with Crippen molar-refractivity contribution in [2.75, 3.05) is 5.33 Å². The highest BCUT2D eigenvalue weighted by Gasteiger charge is 2.25. The van der Waals surface area contributed by atoms with Gasteiger partial charge >= 0.3 is 0 Å². The first kappa shape index (κ1) is 14.6. The standard InChI is InChI=1S/C19H21BrO/c1-14-5-4-6-15(9-14)10-16(13-20)11-18-12-17-7-2-3-8-19(17)21-18/h2-9,16,18H,10-13H2,1H3. The molecule has 21 heavy (non-hydrogen) atoms. The molecule has 1 aliphatic rings. The lowest BCUT2D eigenvalue weighted by Crippen LogP contribution is -2.20. The maximum Gasteiger partial charge on any atom is 0.123 e. The molecule has 2 unspecified atom stereocenters. The molecule has 0 radical (unpaired) electrons. The quantitative estimate of drug-likeness (QED) is 0.698. The minimum Gasteiger partial charge on any atom is -0.490 e. The molecule has 0 saturated carbocycles. The van der Waals surface area contributed by atoms with Crippen molar-refractivity contribution in [3.63, 3.8) is 0 Å². The van der Waals surface area contributed by atoms with E-state index >= 15 is 0 Å². The molecule has 3 rings (SSSR count). The molecular weight excluding hydrogens is 324 g/mol. The molecule has 0 spiro atoms. The van der Waals surface area contributed by atoms with Crippen molar-refractivity contribution in [1.82, 2.24) is 0 Å². The number of rotatable bonds is 5. The van der Waals surface area contributed by atoms with Crippen molar-refractivity contribution in [3.8, 4) is 5.75 Å². The first-order valence-electron chi connectivity index (χ1n) is 7.60. The Labute approximate surface area is 135 Å². The van der Waals surface area contributed by atoms with Crippen LogP contribution in [0.15, 0.2) is 48.5 Å². The van der Waals surface area contributed by atoms with Gasteiger partial charge in [0.15, 0.2) is 0 Å². The van der Waals surface area contributed by atoms with Gasteiger partial charge in [0.2, 0.25) is 0 Å². The van der Waals surface area contributed by atoms with Gasteiger partial charge in [-0.25, -0.2) is 0 Å². The normalized spacial score (nSPS) is 18.1. The summed E-state index contributed by atoms with van der Waals surface area (Å²) in [5.74, 6) is 1.69. The number of ether oxygens (including phenoxy) is 1. The van der Waals surface area contributed by atoms with Crippen LogP contribution in [0.2, 0.25) is 0 Å². The maximum absolute atomic E-state index is 6.08. The molecule has 1 nitrogen and oxygen atoms in total. The van der Waals surface area contributed by atoms with Crippen molar-refractivity contribution in [2.45, 2.75) is 32.3 Å². The second-order valence-electron chi connectivity index (χ2n) is 6.00. The van der Waals surface area contributed by atoms with E-state index in [1.165, 1.54) is 16.7 Å². The van der Waals surface area contributed by atoms with Crippen LogP contribution in [-0.4, -0.2) is 11.4 Å². The number of fused-ring (bicyclic) bond motifs is 1. The van der Waals surface area contributed by atoms with Gasteiger partial charge in [-0.15, -0.1) is 0 Å². The molecule has 1 heterocycles. The van der Waals surface area contributed by atoms with Gasteiger partial charge in [0.05, 0.1) is 0 Å². The number of aryl methyl sites for hydroxylation is 1. The van der Waals surface area contributed by atoms with Crippen LogP contribution in [0, 0.1) is 12.8 Å². The average molecular weight is 345 g/mol. The van der Waals surface area contributed by atoms with Gasteiger partial charge in [-0.2, -0.15) is 0 Å². The Morgan fingerprint density at radius 3 is 2.81 bits per heavy atom. The zero-order valence-electron chi connectivity index (χ0n) is 12.4. The van der Waals surface area contributed by atoms with Crippen LogP contribution in [0.1, 0.15) is 23.1 Å². The summed E-state index contributed by atoms with van der Waals surface area (Å²) in [6.45, 7) is 2.16. The van der Waals surface area contributed by atoms with E-state index in [1.807, 2.05) is 0 Å². The summed E-state index contributed by atoms with van der Waals surface area (Å²) >= 11 is 3.68. The lowest BCUT2D eigenvalue weighted by molar-refractivity contribution is 0.199. The summed E-state index contributed by atoms with van der Waals surface area (Å²) in [7, 11) is 0. The van der Waals surface area contributed by atoms with Crippen LogP contribution < -0.4 is 4.74 Å². The SMILES string of the molecule is Cc1cccc(CC(CBr)CC2Cc3ccccc3O2)c1. The van der Waals surface area contributed by atoms with Crippen LogP contribution in [0.25, 0.3) is 0 Å². The number of benzene rings is 2. The molecule has 0 bridgehead atoms. The predicted molar refractivity (Wildman–Crippen MR) is 91.3 cm³/mol. The van der Waals surface area contributed by atoms with E-state index in [0.717, 1.165) is 30.3 Å². The first-order valence-corrected chi connectivity index (χ1v) is 8.73. The largest absolute Gasteiger partial charge is 0.490 e. The van der Waals surface area contributed by atoms with E-state index in [-0.39, 0.29) is 0 Å². The van der Waals surface area contributed by atoms with Crippen LogP contribution in [0.5, 0.6) is 5.75 Å². The Bertz CT molecular complexity index is 583. The van der Waals surface area contributed by atoms with E-state index in [4.69, 9.17) is 4.74 Å². The molecule has 0 amide bonds. The molecule has 0 N–H and O–H groups in total. The summed E-state index contributed by atoms with van der Waals surface area (Å²) in [6, 6.07) is 17.2. The second-order valence-corrected chi connectivity index (χ2v) is 6.65. The fraction of sp³-hybridized carbons (Fsp3) is 0.368. The van der Waals surface area contributed by atoms with Crippen molar-refractivity contribution in [1.29, 1.82) is 0 Å². The highest BCUT2D eigenvalue weighted by molar-refractivity contribution is 9.09. The summed E-state index contributed by atoms with van der Waals surface area (Å²) in [5, 5.41) is 1.02. The Balaban J connectivity index is 1.61. The molecule has 2 heteroatoms. The first-order chi connectivity index (χ1) is 10.2. The summed E-state index contributed by atoms with van der Waals surface area (Å²) < 4.78 is 6.08. The van der Waals surface area contributed by atoms with Crippen molar-refractivity contribution >= 4 is 15.9 Å². The Morgan fingerprint density at radius 1 is 1.19 bits per heavy atom. The summed E-state index contributed by atoms with van der Waals surface area (Å²) in [5.41, 5.74) is 4.12. The fourth-order valence-corrected chi connectivity index (χ4v) is 3.62. The third-order valence-corrected chi connectivity index (χ3v) is 5.05. The smallest absolute Gasteiger partial charge is 0.123 e. The zero-order valence-corrected chi connectivity index (χ0v) is 14.0. The van der Waals surface area contributed by atoms with E-state index < -0.39 is 0 Å². The lowest BCUT2D eigenvalue weighted by Gasteiger charge is -2.19. The molecule has 0 aliphatic carbocycles. The maximum atomic E-state index is 6.08. The number of hydrogen-bond donors (Lipinski definition) is 0. The van der Waals surface area contributed by atoms with Crippen LogP contribution in [0.3, 0.4) is 0 Å². The number of para-hydroxylation sites is 1. The van der Waals surface area contributed by atoms with Crippen molar-refractivity contribution < 1.29 is 4.74 Å². The molecule has 0 saturated heterocycles. The van der Waals surface area contributed by atoms with E-state index in [9.17, 15) is 0 Å². The van der Waals surface area contributed by atoms with Gasteiger partial charge in [0, 0.05) is 11.8 Å². The average Bonchev–Trinajstić information content (AvgIpc) is 2.89. The third-order valence-electron chi connectivity index (χ3n) is 4.14. The second kappa shape index (κ2) is 6.65. The summed E-state index contributed by atoms with van der Waals surface area (Å²) in [6.07, 6.45) is 3.60.